The molecule has 1 aliphatic carbocycles. The minimum Gasteiger partial charge on any atom is -0.366 e. The minimum atomic E-state index is 0.0236. The number of hydrogen-bond donors (Lipinski definition) is 1. The smallest absolute Gasteiger partial charge is 0.245 e. The van der Waals surface area contributed by atoms with Crippen molar-refractivity contribution in [2.75, 3.05) is 36.4 Å². The Kier molecular flexibility index (Phi) is 6.75. The molecule has 37 heavy (non-hydrogen) atoms. The highest BCUT2D eigenvalue weighted by Gasteiger charge is 2.49. The second-order valence-corrected chi connectivity index (χ2v) is 12.6. The number of fused-ring (bicyclic) bond motifs is 1. The molecular formula is C28H41N7O2. The van der Waals surface area contributed by atoms with E-state index in [0.717, 1.165) is 70.0 Å². The molecule has 200 valence electrons. The van der Waals surface area contributed by atoms with E-state index in [9.17, 15) is 4.79 Å². The molecule has 0 aromatic carbocycles. The maximum atomic E-state index is 12.0. The van der Waals surface area contributed by atoms with Crippen LogP contribution >= 0.6 is 0 Å². The third-order valence-corrected chi connectivity index (χ3v) is 8.13. The predicted molar refractivity (Wildman–Crippen MR) is 143 cm³/mol. The van der Waals surface area contributed by atoms with Gasteiger partial charge in [0.15, 0.2) is 5.82 Å². The van der Waals surface area contributed by atoms with Crippen molar-refractivity contribution in [1.29, 1.82) is 0 Å². The quantitative estimate of drug-likeness (QED) is 0.536. The van der Waals surface area contributed by atoms with Gasteiger partial charge in [-0.05, 0) is 56.4 Å². The molecule has 1 atom stereocenters. The number of likely N-dealkylation sites (tertiary alicyclic amines) is 1. The van der Waals surface area contributed by atoms with Gasteiger partial charge in [0.2, 0.25) is 17.7 Å². The summed E-state index contributed by atoms with van der Waals surface area (Å²) in [5.41, 5.74) is 2.78. The van der Waals surface area contributed by atoms with Crippen LogP contribution in [0.5, 0.6) is 0 Å². The van der Waals surface area contributed by atoms with Crippen LogP contribution in [0.1, 0.15) is 69.9 Å². The van der Waals surface area contributed by atoms with E-state index in [1.807, 2.05) is 11.8 Å². The van der Waals surface area contributed by atoms with Gasteiger partial charge in [-0.15, -0.1) is 0 Å². The number of hydrogen-bond acceptors (Lipinski definition) is 8. The lowest BCUT2D eigenvalue weighted by Crippen LogP contribution is -2.59. The lowest BCUT2D eigenvalue weighted by atomic mass is 9.76. The average Bonchev–Trinajstić information content (AvgIpc) is 3.42. The Morgan fingerprint density at radius 2 is 1.97 bits per heavy atom. The molecule has 0 saturated carbocycles. The molecule has 2 saturated heterocycles. The summed E-state index contributed by atoms with van der Waals surface area (Å²) in [6.45, 7) is 18.0. The first-order valence-corrected chi connectivity index (χ1v) is 13.7. The molecule has 2 fully saturated rings. The molecule has 9 nitrogen and oxygen atoms in total. The Morgan fingerprint density at radius 3 is 2.65 bits per heavy atom. The van der Waals surface area contributed by atoms with Crippen LogP contribution in [0, 0.1) is 23.7 Å². The number of anilines is 2. The van der Waals surface area contributed by atoms with Gasteiger partial charge < -0.3 is 19.6 Å². The van der Waals surface area contributed by atoms with E-state index in [1.54, 1.807) is 0 Å². The molecule has 2 aliphatic heterocycles. The van der Waals surface area contributed by atoms with Crippen LogP contribution in [0.15, 0.2) is 17.2 Å². The average molecular weight is 508 g/mol. The first-order chi connectivity index (χ1) is 17.5. The Labute approximate surface area is 220 Å². The van der Waals surface area contributed by atoms with Crippen molar-refractivity contribution in [3.05, 3.63) is 35.6 Å². The Morgan fingerprint density at radius 1 is 1.19 bits per heavy atom. The van der Waals surface area contributed by atoms with Gasteiger partial charge in [-0.25, -0.2) is 4.98 Å². The number of aromatic nitrogens is 4. The molecule has 0 bridgehead atoms. The summed E-state index contributed by atoms with van der Waals surface area (Å²) >= 11 is 0. The molecule has 9 heteroatoms. The fraction of sp³-hybridized carbons (Fsp3) is 0.679. The summed E-state index contributed by atoms with van der Waals surface area (Å²) in [6, 6.07) is 0.136. The summed E-state index contributed by atoms with van der Waals surface area (Å²) in [6.07, 6.45) is 7.14. The maximum Gasteiger partial charge on any atom is 0.245 e. The summed E-state index contributed by atoms with van der Waals surface area (Å²) < 4.78 is 5.46. The van der Waals surface area contributed by atoms with E-state index in [0.29, 0.717) is 24.1 Å². The van der Waals surface area contributed by atoms with Crippen LogP contribution in [0.25, 0.3) is 0 Å². The number of amides is 1. The van der Waals surface area contributed by atoms with Gasteiger partial charge in [0, 0.05) is 49.6 Å². The van der Waals surface area contributed by atoms with Crippen LogP contribution in [0.3, 0.4) is 0 Å². The fourth-order valence-electron chi connectivity index (χ4n) is 6.19. The van der Waals surface area contributed by atoms with Crippen LogP contribution in [0.2, 0.25) is 0 Å². The first kappa shape index (κ1) is 25.7. The van der Waals surface area contributed by atoms with Crippen LogP contribution in [-0.2, 0) is 24.1 Å². The zero-order valence-corrected chi connectivity index (χ0v) is 23.0. The van der Waals surface area contributed by atoms with Crippen molar-refractivity contribution in [3.63, 3.8) is 0 Å². The van der Waals surface area contributed by atoms with Crippen LogP contribution in [0.4, 0.5) is 11.8 Å². The molecule has 4 heterocycles. The zero-order valence-electron chi connectivity index (χ0n) is 23.0. The Bertz CT molecular complexity index is 1170. The molecular weight excluding hydrogens is 466 g/mol. The van der Waals surface area contributed by atoms with E-state index in [4.69, 9.17) is 14.5 Å². The first-order valence-electron chi connectivity index (χ1n) is 13.7. The second kappa shape index (κ2) is 9.72. The lowest BCUT2D eigenvalue weighted by Gasteiger charge is -2.47. The van der Waals surface area contributed by atoms with Crippen molar-refractivity contribution < 1.29 is 9.32 Å². The monoisotopic (exact) mass is 507 g/mol. The van der Waals surface area contributed by atoms with Crippen molar-refractivity contribution in [2.45, 2.75) is 79.2 Å². The summed E-state index contributed by atoms with van der Waals surface area (Å²) in [5.74, 6) is 3.61. The van der Waals surface area contributed by atoms with Crippen molar-refractivity contribution >= 4 is 17.7 Å². The summed E-state index contributed by atoms with van der Waals surface area (Å²) in [5, 5.41) is 7.78. The van der Waals surface area contributed by atoms with Gasteiger partial charge in [0.25, 0.3) is 0 Å². The lowest BCUT2D eigenvalue weighted by molar-refractivity contribution is -0.136. The van der Waals surface area contributed by atoms with Gasteiger partial charge >= 0.3 is 0 Å². The van der Waals surface area contributed by atoms with E-state index in [2.05, 4.69) is 54.6 Å². The Hall–Kier alpha value is -2.97. The number of nitrogens with zero attached hydrogens (tertiary/aromatic N) is 6. The van der Waals surface area contributed by atoms with E-state index in [-0.39, 0.29) is 22.8 Å². The highest BCUT2D eigenvalue weighted by atomic mass is 16.5. The maximum absolute atomic E-state index is 12.0. The van der Waals surface area contributed by atoms with Gasteiger partial charge in [0.1, 0.15) is 5.82 Å². The van der Waals surface area contributed by atoms with E-state index >= 15 is 0 Å². The largest absolute Gasteiger partial charge is 0.366 e. The topological polar surface area (TPSA) is 100 Å². The van der Waals surface area contributed by atoms with Crippen molar-refractivity contribution in [1.82, 2.24) is 25.0 Å². The Balaban J connectivity index is 1.41. The van der Waals surface area contributed by atoms with E-state index in [1.165, 1.54) is 17.3 Å². The van der Waals surface area contributed by atoms with E-state index < -0.39 is 0 Å². The third kappa shape index (κ3) is 5.50. The van der Waals surface area contributed by atoms with Crippen molar-refractivity contribution in [2.24, 2.45) is 16.7 Å². The number of aryl methyl sites for hydroxylation is 1. The second-order valence-electron chi connectivity index (χ2n) is 12.6. The normalized spacial score (nSPS) is 20.6. The number of nitrogens with one attached hydrogen (secondary N) is 1. The van der Waals surface area contributed by atoms with Gasteiger partial charge in [-0.2, -0.15) is 9.97 Å². The summed E-state index contributed by atoms with van der Waals surface area (Å²) in [4.78, 5) is 30.9. The van der Waals surface area contributed by atoms with Crippen LogP contribution < -0.4 is 10.2 Å². The van der Waals surface area contributed by atoms with Gasteiger partial charge in [-0.1, -0.05) is 39.4 Å². The van der Waals surface area contributed by atoms with Gasteiger partial charge in [0.05, 0.1) is 5.69 Å². The molecule has 0 radical (unpaired) electrons. The number of rotatable bonds is 8. The molecule has 2 aromatic rings. The molecule has 1 amide bonds. The van der Waals surface area contributed by atoms with Crippen LogP contribution in [-0.4, -0.2) is 63.1 Å². The highest BCUT2D eigenvalue weighted by molar-refractivity contribution is 5.87. The SMILES string of the molecule is C=CC(=O)N1CC2(CCN(c3nc4c(c(NC(Cc5nc(C)no5)CC(C)C)n3)CCC(C)(C)C4)C2)C1. The molecule has 1 spiro atoms. The predicted octanol–water partition coefficient (Wildman–Crippen LogP) is 3.98. The number of carbonyl (C=O) groups is 1. The molecule has 1 N–H and O–H groups in total. The molecule has 3 aliphatic rings. The van der Waals surface area contributed by atoms with Crippen molar-refractivity contribution in [3.8, 4) is 0 Å². The number of carbonyl (C=O) groups excluding carboxylic acids is 1. The highest BCUT2D eigenvalue weighted by Crippen LogP contribution is 2.42. The minimum absolute atomic E-state index is 0.0236. The summed E-state index contributed by atoms with van der Waals surface area (Å²) in [7, 11) is 0. The molecule has 2 aromatic heterocycles. The standard InChI is InChI=1S/C28H41N7O2/c1-7-24(36)35-16-28(17-35)10-11-34(15-28)26-31-22-14-27(5,6)9-8-21(22)25(32-26)30-20(12-18(2)3)13-23-29-19(4)33-37-23/h7,18,20H,1,8-17H2,2-6H3,(H,30,31,32). The molecule has 5 rings (SSSR count). The molecule has 1 unspecified atom stereocenters. The fourth-order valence-corrected chi connectivity index (χ4v) is 6.19. The van der Waals surface area contributed by atoms with Gasteiger partial charge in [-0.3, -0.25) is 4.79 Å². The third-order valence-electron chi connectivity index (χ3n) is 8.13. The zero-order chi connectivity index (χ0) is 26.4.